The molecule has 1 aromatic carbocycles. The zero-order chi connectivity index (χ0) is 24.9. The molecule has 35 heavy (non-hydrogen) atoms. The van der Waals surface area contributed by atoms with Crippen molar-refractivity contribution in [1.82, 2.24) is 9.97 Å². The van der Waals surface area contributed by atoms with E-state index in [9.17, 15) is 27.2 Å². The largest absolute Gasteiger partial charge is 0.488 e. The molecule has 0 spiro atoms. The van der Waals surface area contributed by atoms with Gasteiger partial charge in [-0.05, 0) is 43.2 Å². The predicted octanol–water partition coefficient (Wildman–Crippen LogP) is 5.00. The van der Waals surface area contributed by atoms with Gasteiger partial charge in [-0.2, -0.15) is 13.2 Å². The van der Waals surface area contributed by atoms with Gasteiger partial charge in [0.1, 0.15) is 11.4 Å². The third-order valence-corrected chi connectivity index (χ3v) is 4.63. The Labute approximate surface area is 203 Å². The van der Waals surface area contributed by atoms with Crippen LogP contribution in [0.2, 0.25) is 0 Å². The van der Waals surface area contributed by atoms with E-state index in [4.69, 9.17) is 9.47 Å². The van der Waals surface area contributed by atoms with Crippen molar-refractivity contribution in [3.8, 4) is 22.8 Å². The molecule has 0 radical (unpaired) electrons. The number of nitrogens with one attached hydrogen (secondary N) is 2. The average Bonchev–Trinajstić information content (AvgIpc) is 2.77. The van der Waals surface area contributed by atoms with E-state index in [1.54, 1.807) is 13.0 Å². The molecule has 2 heterocycles. The summed E-state index contributed by atoms with van der Waals surface area (Å²) in [5.74, 6) is -1.93. The van der Waals surface area contributed by atoms with Crippen LogP contribution < -0.4 is 20.3 Å². The number of aromatic nitrogens is 2. The summed E-state index contributed by atoms with van der Waals surface area (Å²) >= 11 is 0. The summed E-state index contributed by atoms with van der Waals surface area (Å²) in [6.45, 7) is 3.51. The summed E-state index contributed by atoms with van der Waals surface area (Å²) in [4.78, 5) is 30.2. The van der Waals surface area contributed by atoms with E-state index in [1.165, 1.54) is 31.3 Å². The zero-order valence-corrected chi connectivity index (χ0v) is 19.5. The van der Waals surface area contributed by atoms with Crippen molar-refractivity contribution in [2.75, 3.05) is 18.5 Å². The second-order valence-corrected chi connectivity index (χ2v) is 7.05. The Morgan fingerprint density at radius 3 is 2.43 bits per heavy atom. The van der Waals surface area contributed by atoms with Crippen LogP contribution in [0.15, 0.2) is 47.5 Å². The number of hydrogen-bond donors (Lipinski definition) is 2. The first-order valence-corrected chi connectivity index (χ1v) is 10.3. The van der Waals surface area contributed by atoms with E-state index in [0.29, 0.717) is 17.2 Å². The van der Waals surface area contributed by atoms with Gasteiger partial charge >= 0.3 is 6.18 Å². The minimum absolute atomic E-state index is 0. The van der Waals surface area contributed by atoms with Gasteiger partial charge < -0.3 is 19.8 Å². The summed E-state index contributed by atoms with van der Waals surface area (Å²) in [6, 6.07) is 6.30. The van der Waals surface area contributed by atoms with Gasteiger partial charge in [-0.25, -0.2) is 9.37 Å². The molecular weight excluding hydrogens is 494 g/mol. The zero-order valence-electron chi connectivity index (χ0n) is 18.7. The van der Waals surface area contributed by atoms with Crippen LogP contribution in [-0.2, 0) is 17.4 Å². The highest BCUT2D eigenvalue weighted by molar-refractivity contribution is 5.92. The van der Waals surface area contributed by atoms with Crippen molar-refractivity contribution in [2.45, 2.75) is 26.4 Å². The van der Waals surface area contributed by atoms with E-state index in [1.807, 2.05) is 0 Å². The summed E-state index contributed by atoms with van der Waals surface area (Å²) in [6.07, 6.45) is -2.71. The van der Waals surface area contributed by atoms with E-state index in [2.05, 4.69) is 15.3 Å². The van der Waals surface area contributed by atoms with Gasteiger partial charge in [0, 0.05) is 11.8 Å². The fraction of sp³-hybridized carbons (Fsp3) is 0.261. The number of carbonyl (C=O) groups excluding carboxylic acids is 1. The summed E-state index contributed by atoms with van der Waals surface area (Å²) in [5, 5.41) is 2.29. The molecule has 3 aromatic rings. The molecule has 0 fully saturated rings. The molecule has 0 saturated carbocycles. The smallest absolute Gasteiger partial charge is 0.421 e. The van der Waals surface area contributed by atoms with E-state index in [-0.39, 0.29) is 42.6 Å². The van der Waals surface area contributed by atoms with Gasteiger partial charge in [-0.1, -0.05) is 12.1 Å². The van der Waals surface area contributed by atoms with Gasteiger partial charge in [-0.15, -0.1) is 12.4 Å². The number of halogens is 5. The summed E-state index contributed by atoms with van der Waals surface area (Å²) < 4.78 is 64.5. The first-order valence-electron chi connectivity index (χ1n) is 10.3. The van der Waals surface area contributed by atoms with Crippen LogP contribution in [0.3, 0.4) is 0 Å². The number of ether oxygens (including phenoxy) is 2. The number of hydrogen-bond acceptors (Lipinski definition) is 5. The molecule has 0 bridgehead atoms. The van der Waals surface area contributed by atoms with Crippen LogP contribution in [0.4, 0.5) is 23.2 Å². The molecule has 12 heteroatoms. The number of amides is 1. The maximum atomic E-state index is 14.7. The molecule has 7 nitrogen and oxygen atoms in total. The number of rotatable bonds is 8. The molecule has 0 aliphatic rings. The number of pyridine rings is 2. The molecule has 0 unspecified atom stereocenters. The van der Waals surface area contributed by atoms with E-state index < -0.39 is 41.3 Å². The third kappa shape index (κ3) is 6.95. The lowest BCUT2D eigenvalue weighted by Crippen LogP contribution is -2.17. The second-order valence-electron chi connectivity index (χ2n) is 7.05. The van der Waals surface area contributed by atoms with Crippen molar-refractivity contribution >= 4 is 24.0 Å². The lowest BCUT2D eigenvalue weighted by molar-refractivity contribution is -0.139. The number of aromatic amines is 1. The number of carbonyl (C=O) groups is 1. The third-order valence-electron chi connectivity index (χ3n) is 4.63. The maximum absolute atomic E-state index is 14.7. The number of H-pyrrole nitrogens is 1. The molecule has 2 N–H and O–H groups in total. The van der Waals surface area contributed by atoms with Gasteiger partial charge in [0.15, 0.2) is 5.75 Å². The minimum Gasteiger partial charge on any atom is -0.488 e. The number of alkyl halides is 3. The van der Waals surface area contributed by atoms with Crippen LogP contribution in [0, 0.1) is 5.82 Å². The molecule has 3 rings (SSSR count). The van der Waals surface area contributed by atoms with Crippen LogP contribution in [0.25, 0.3) is 11.1 Å². The minimum atomic E-state index is -4.73. The molecule has 188 valence electrons. The Morgan fingerprint density at radius 2 is 1.80 bits per heavy atom. The molecule has 1 amide bonds. The van der Waals surface area contributed by atoms with Crippen LogP contribution in [-0.4, -0.2) is 29.1 Å². The highest BCUT2D eigenvalue weighted by atomic mass is 35.5. The Balaban J connectivity index is 0.00000432. The van der Waals surface area contributed by atoms with Crippen molar-refractivity contribution in [3.63, 3.8) is 0 Å². The summed E-state index contributed by atoms with van der Waals surface area (Å²) in [5.41, 5.74) is -0.783. The van der Waals surface area contributed by atoms with Gasteiger partial charge in [0.25, 0.3) is 5.56 Å². The standard InChI is InChI=1S/C23H21F4N3O4.ClH/c1-3-33-19-8-15(11-28-21(19)32)13-5-6-14(18(24)7-13)9-20(31)30-16-10-17(23(25,26)27)22(29-12-16)34-4-2;/h5-8,10-12H,3-4,9H2,1-2H3,(H,28,32)(H,30,31);1H. The van der Waals surface area contributed by atoms with Gasteiger partial charge in [0.05, 0.1) is 31.5 Å². The Hall–Kier alpha value is -3.60. The first-order chi connectivity index (χ1) is 16.1. The molecule has 0 saturated heterocycles. The quantitative estimate of drug-likeness (QED) is 0.412. The highest BCUT2D eigenvalue weighted by Crippen LogP contribution is 2.36. The predicted molar refractivity (Wildman–Crippen MR) is 124 cm³/mol. The van der Waals surface area contributed by atoms with Crippen LogP contribution >= 0.6 is 12.4 Å². The Bertz CT molecular complexity index is 1250. The Kier molecular flexibility index (Phi) is 9.24. The van der Waals surface area contributed by atoms with Crippen molar-refractivity contribution in [1.29, 1.82) is 0 Å². The molecule has 0 aliphatic carbocycles. The average molecular weight is 516 g/mol. The topological polar surface area (TPSA) is 93.3 Å². The van der Waals surface area contributed by atoms with E-state index >= 15 is 0 Å². The second kappa shape index (κ2) is 11.7. The lowest BCUT2D eigenvalue weighted by atomic mass is 10.0. The van der Waals surface area contributed by atoms with Crippen LogP contribution in [0.5, 0.6) is 11.6 Å². The molecule has 0 aliphatic heterocycles. The highest BCUT2D eigenvalue weighted by Gasteiger charge is 2.35. The fourth-order valence-electron chi connectivity index (χ4n) is 3.12. The normalized spacial score (nSPS) is 10.9. The molecule has 2 aromatic heterocycles. The van der Waals surface area contributed by atoms with E-state index in [0.717, 1.165) is 6.20 Å². The first kappa shape index (κ1) is 27.6. The monoisotopic (exact) mass is 515 g/mol. The maximum Gasteiger partial charge on any atom is 0.421 e. The van der Waals surface area contributed by atoms with Crippen molar-refractivity contribution < 1.29 is 31.8 Å². The molecular formula is C23H22ClF4N3O4. The number of nitrogens with zero attached hydrogens (tertiary/aromatic N) is 1. The lowest BCUT2D eigenvalue weighted by Gasteiger charge is -2.14. The fourth-order valence-corrected chi connectivity index (χ4v) is 3.12. The van der Waals surface area contributed by atoms with Crippen molar-refractivity contribution in [3.05, 3.63) is 70.0 Å². The van der Waals surface area contributed by atoms with Crippen molar-refractivity contribution in [2.24, 2.45) is 0 Å². The number of benzene rings is 1. The SMILES string of the molecule is CCOc1ncc(NC(=O)Cc2ccc(-c3c[nH]c(=O)c(OCC)c3)cc2F)cc1C(F)(F)F.Cl. The summed E-state index contributed by atoms with van der Waals surface area (Å²) in [7, 11) is 0. The van der Waals surface area contributed by atoms with Gasteiger partial charge in [-0.3, -0.25) is 9.59 Å². The number of anilines is 1. The molecule has 0 atom stereocenters. The Morgan fingerprint density at radius 1 is 1.09 bits per heavy atom. The van der Waals surface area contributed by atoms with Crippen LogP contribution in [0.1, 0.15) is 25.0 Å². The van der Waals surface area contributed by atoms with Gasteiger partial charge in [0.2, 0.25) is 11.8 Å².